The molecule has 7 heteroatoms. The lowest BCUT2D eigenvalue weighted by Crippen LogP contribution is -2.50. The van der Waals surface area contributed by atoms with E-state index in [9.17, 15) is 9.18 Å². The standard InChI is InChI=1S/C28H28FN5O/c1-21(22-10-12-24(29)13-11-22)34-20-30-17-25(34)18-32-15-16-33(28(35)26-9-5-6-14-31-26)27(19-32)23-7-3-2-4-8-23/h2-14,17,20-21,27H,15-16,18-19H2,1H3/t21-,27?/m1/s1. The molecule has 0 N–H and O–H groups in total. The van der Waals surface area contributed by atoms with Crippen molar-refractivity contribution in [2.45, 2.75) is 25.6 Å². The number of amides is 1. The van der Waals surface area contributed by atoms with Crippen molar-refractivity contribution in [1.82, 2.24) is 24.3 Å². The highest BCUT2D eigenvalue weighted by Gasteiger charge is 2.33. The molecule has 1 fully saturated rings. The van der Waals surface area contributed by atoms with Crippen molar-refractivity contribution in [2.75, 3.05) is 19.6 Å². The third kappa shape index (κ3) is 5.00. The van der Waals surface area contributed by atoms with Crippen LogP contribution in [0.4, 0.5) is 4.39 Å². The highest BCUT2D eigenvalue weighted by atomic mass is 19.1. The summed E-state index contributed by atoms with van der Waals surface area (Å²) in [6.45, 7) is 4.86. The molecule has 1 aliphatic heterocycles. The molecule has 0 radical (unpaired) electrons. The fourth-order valence-electron chi connectivity index (χ4n) is 4.76. The Labute approximate surface area is 204 Å². The van der Waals surface area contributed by atoms with Gasteiger partial charge in [-0.1, -0.05) is 48.5 Å². The first kappa shape index (κ1) is 22.9. The summed E-state index contributed by atoms with van der Waals surface area (Å²) in [6.07, 6.45) is 5.38. The van der Waals surface area contributed by atoms with Crippen LogP contribution >= 0.6 is 0 Å². The number of hydrogen-bond acceptors (Lipinski definition) is 4. The van der Waals surface area contributed by atoms with E-state index >= 15 is 0 Å². The molecule has 2 aromatic heterocycles. The number of halogens is 1. The number of rotatable bonds is 6. The van der Waals surface area contributed by atoms with Crippen LogP contribution in [0.25, 0.3) is 0 Å². The molecule has 0 aliphatic carbocycles. The zero-order valence-electron chi connectivity index (χ0n) is 19.7. The Morgan fingerprint density at radius 2 is 1.80 bits per heavy atom. The Balaban J connectivity index is 1.36. The highest BCUT2D eigenvalue weighted by Crippen LogP contribution is 2.28. The molecule has 2 aromatic carbocycles. The van der Waals surface area contributed by atoms with Gasteiger partial charge in [-0.2, -0.15) is 0 Å². The fraction of sp³-hybridized carbons (Fsp3) is 0.250. The number of piperazine rings is 1. The molecule has 0 spiro atoms. The van der Waals surface area contributed by atoms with E-state index in [0.29, 0.717) is 25.3 Å². The number of carbonyl (C=O) groups excluding carboxylic acids is 1. The molecule has 2 atom stereocenters. The van der Waals surface area contributed by atoms with Crippen LogP contribution in [0.1, 0.15) is 46.3 Å². The van der Waals surface area contributed by atoms with E-state index in [0.717, 1.165) is 23.4 Å². The van der Waals surface area contributed by atoms with E-state index in [1.54, 1.807) is 12.3 Å². The number of nitrogens with zero attached hydrogens (tertiary/aromatic N) is 5. The summed E-state index contributed by atoms with van der Waals surface area (Å²) in [4.78, 5) is 26.3. The van der Waals surface area contributed by atoms with E-state index in [4.69, 9.17) is 0 Å². The summed E-state index contributed by atoms with van der Waals surface area (Å²) in [5.41, 5.74) is 3.68. The van der Waals surface area contributed by atoms with E-state index in [2.05, 4.69) is 38.5 Å². The molecule has 178 valence electrons. The van der Waals surface area contributed by atoms with Crippen molar-refractivity contribution < 1.29 is 9.18 Å². The normalized spacial score (nSPS) is 17.3. The molecule has 4 aromatic rings. The minimum Gasteiger partial charge on any atom is -0.328 e. The van der Waals surface area contributed by atoms with Crippen LogP contribution in [-0.2, 0) is 6.54 Å². The van der Waals surface area contributed by atoms with E-state index in [1.807, 2.05) is 59.9 Å². The fourth-order valence-corrected chi connectivity index (χ4v) is 4.76. The van der Waals surface area contributed by atoms with Crippen LogP contribution in [-0.4, -0.2) is 49.9 Å². The summed E-state index contributed by atoms with van der Waals surface area (Å²) >= 11 is 0. The molecule has 5 rings (SSSR count). The molecule has 6 nitrogen and oxygen atoms in total. The molecule has 1 saturated heterocycles. The third-order valence-electron chi connectivity index (χ3n) is 6.70. The predicted octanol–water partition coefficient (Wildman–Crippen LogP) is 4.73. The minimum atomic E-state index is -0.239. The van der Waals surface area contributed by atoms with Crippen LogP contribution in [0.2, 0.25) is 0 Å². The monoisotopic (exact) mass is 469 g/mol. The maximum atomic E-state index is 13.4. The van der Waals surface area contributed by atoms with Crippen LogP contribution in [0.15, 0.2) is 91.5 Å². The first-order valence-electron chi connectivity index (χ1n) is 11.9. The van der Waals surface area contributed by atoms with Crippen molar-refractivity contribution in [3.8, 4) is 0 Å². The summed E-state index contributed by atoms with van der Waals surface area (Å²) in [7, 11) is 0. The second-order valence-electron chi connectivity index (χ2n) is 8.89. The molecule has 1 amide bonds. The van der Waals surface area contributed by atoms with Gasteiger partial charge in [-0.25, -0.2) is 9.37 Å². The van der Waals surface area contributed by atoms with Crippen molar-refractivity contribution in [3.05, 3.63) is 120 Å². The maximum Gasteiger partial charge on any atom is 0.273 e. The summed E-state index contributed by atoms with van der Waals surface area (Å²) in [6, 6.07) is 22.2. The topological polar surface area (TPSA) is 54.3 Å². The Morgan fingerprint density at radius 3 is 2.54 bits per heavy atom. The van der Waals surface area contributed by atoms with Crippen LogP contribution in [0.3, 0.4) is 0 Å². The van der Waals surface area contributed by atoms with Gasteiger partial charge in [-0.05, 0) is 42.3 Å². The molecule has 3 heterocycles. The van der Waals surface area contributed by atoms with Crippen LogP contribution in [0.5, 0.6) is 0 Å². The SMILES string of the molecule is C[C@H](c1ccc(F)cc1)n1cncc1CN1CCN(C(=O)c2ccccn2)C(c2ccccc2)C1. The van der Waals surface area contributed by atoms with Crippen LogP contribution < -0.4 is 0 Å². The van der Waals surface area contributed by atoms with Gasteiger partial charge in [0.25, 0.3) is 5.91 Å². The van der Waals surface area contributed by atoms with Crippen molar-refractivity contribution >= 4 is 5.91 Å². The summed E-state index contributed by atoms with van der Waals surface area (Å²) in [5.74, 6) is -0.286. The minimum absolute atomic E-state index is 0.0324. The molecule has 1 aliphatic rings. The lowest BCUT2D eigenvalue weighted by atomic mass is 10.0. The molecule has 35 heavy (non-hydrogen) atoms. The van der Waals surface area contributed by atoms with Gasteiger partial charge in [0.1, 0.15) is 11.5 Å². The zero-order valence-corrected chi connectivity index (χ0v) is 19.7. The van der Waals surface area contributed by atoms with Gasteiger partial charge in [0, 0.05) is 38.6 Å². The van der Waals surface area contributed by atoms with Gasteiger partial charge in [0.05, 0.1) is 24.1 Å². The molecular weight excluding hydrogens is 441 g/mol. The average Bonchev–Trinajstić information content (AvgIpc) is 3.37. The molecular formula is C28H28FN5O. The lowest BCUT2D eigenvalue weighted by molar-refractivity contribution is 0.0424. The Hall–Kier alpha value is -3.84. The van der Waals surface area contributed by atoms with Crippen molar-refractivity contribution in [2.24, 2.45) is 0 Å². The third-order valence-corrected chi connectivity index (χ3v) is 6.70. The van der Waals surface area contributed by atoms with Crippen molar-refractivity contribution in [1.29, 1.82) is 0 Å². The molecule has 0 bridgehead atoms. The molecule has 0 saturated carbocycles. The van der Waals surface area contributed by atoms with Gasteiger partial charge in [0.15, 0.2) is 0 Å². The second-order valence-corrected chi connectivity index (χ2v) is 8.89. The average molecular weight is 470 g/mol. The quantitative estimate of drug-likeness (QED) is 0.410. The van der Waals surface area contributed by atoms with E-state index < -0.39 is 0 Å². The van der Waals surface area contributed by atoms with Gasteiger partial charge < -0.3 is 9.47 Å². The van der Waals surface area contributed by atoms with E-state index in [1.165, 1.54) is 12.1 Å². The number of benzene rings is 2. The Bertz CT molecular complexity index is 1260. The van der Waals surface area contributed by atoms with Gasteiger partial charge in [-0.3, -0.25) is 14.7 Å². The first-order chi connectivity index (χ1) is 17.1. The summed E-state index contributed by atoms with van der Waals surface area (Å²) < 4.78 is 15.5. The Morgan fingerprint density at radius 1 is 1.03 bits per heavy atom. The smallest absolute Gasteiger partial charge is 0.273 e. The summed E-state index contributed by atoms with van der Waals surface area (Å²) in [5, 5.41) is 0. The number of hydrogen-bond donors (Lipinski definition) is 0. The first-order valence-corrected chi connectivity index (χ1v) is 11.9. The number of carbonyl (C=O) groups is 1. The van der Waals surface area contributed by atoms with Gasteiger partial charge in [0.2, 0.25) is 0 Å². The maximum absolute atomic E-state index is 13.4. The number of aromatic nitrogens is 3. The van der Waals surface area contributed by atoms with E-state index in [-0.39, 0.29) is 23.8 Å². The van der Waals surface area contributed by atoms with Gasteiger partial charge >= 0.3 is 0 Å². The predicted molar refractivity (Wildman–Crippen MR) is 132 cm³/mol. The van der Waals surface area contributed by atoms with Crippen LogP contribution in [0, 0.1) is 5.82 Å². The molecule has 1 unspecified atom stereocenters. The van der Waals surface area contributed by atoms with Gasteiger partial charge in [-0.15, -0.1) is 0 Å². The second kappa shape index (κ2) is 10.2. The lowest BCUT2D eigenvalue weighted by Gasteiger charge is -2.41. The largest absolute Gasteiger partial charge is 0.328 e. The Kier molecular flexibility index (Phi) is 6.68. The highest BCUT2D eigenvalue weighted by molar-refractivity contribution is 5.92. The number of imidazole rings is 1. The van der Waals surface area contributed by atoms with Crippen molar-refractivity contribution in [3.63, 3.8) is 0 Å². The number of pyridine rings is 1. The zero-order chi connectivity index (χ0) is 24.2.